The summed E-state index contributed by atoms with van der Waals surface area (Å²) in [6.07, 6.45) is 1.38. The Kier molecular flexibility index (Phi) is 3.56. The minimum absolute atomic E-state index is 0.0568. The Balaban J connectivity index is 2.26. The Labute approximate surface area is 112 Å². The lowest BCUT2D eigenvalue weighted by atomic mass is 10.2. The normalized spacial score (nSPS) is 10.1. The molecular formula is C12H9FN4O3. The number of aromatic nitrogens is 1. The molecule has 1 heterocycles. The SMILES string of the molecule is N=C(N)c1ccnc(Oc2ccc([N+](=O)[O-])c(F)c2)c1. The van der Waals surface area contributed by atoms with Crippen LogP contribution in [0.1, 0.15) is 5.56 Å². The number of nitrogens with zero attached hydrogens (tertiary/aromatic N) is 2. The Morgan fingerprint density at radius 1 is 1.40 bits per heavy atom. The van der Waals surface area contributed by atoms with Crippen molar-refractivity contribution in [3.05, 3.63) is 58.0 Å². The zero-order valence-electron chi connectivity index (χ0n) is 10.0. The molecule has 2 rings (SSSR count). The van der Waals surface area contributed by atoms with E-state index in [0.717, 1.165) is 12.1 Å². The second-order valence-corrected chi connectivity index (χ2v) is 3.77. The molecule has 0 amide bonds. The fraction of sp³-hybridized carbons (Fsp3) is 0. The molecule has 0 spiro atoms. The summed E-state index contributed by atoms with van der Waals surface area (Å²) >= 11 is 0. The van der Waals surface area contributed by atoms with Crippen LogP contribution in [-0.4, -0.2) is 15.7 Å². The fourth-order valence-corrected chi connectivity index (χ4v) is 1.45. The van der Waals surface area contributed by atoms with Gasteiger partial charge in [0, 0.05) is 30.0 Å². The van der Waals surface area contributed by atoms with Crippen LogP contribution in [0, 0.1) is 21.3 Å². The zero-order valence-corrected chi connectivity index (χ0v) is 10.0. The third-order valence-corrected chi connectivity index (χ3v) is 2.38. The molecule has 0 unspecified atom stereocenters. The highest BCUT2D eigenvalue weighted by molar-refractivity contribution is 5.95. The topological polar surface area (TPSA) is 115 Å². The van der Waals surface area contributed by atoms with Crippen LogP contribution in [0.2, 0.25) is 0 Å². The molecule has 8 heteroatoms. The summed E-state index contributed by atoms with van der Waals surface area (Å²) in [7, 11) is 0. The van der Waals surface area contributed by atoms with Crippen molar-refractivity contribution >= 4 is 11.5 Å². The zero-order chi connectivity index (χ0) is 14.7. The summed E-state index contributed by atoms with van der Waals surface area (Å²) in [5.74, 6) is -1.00. The first-order valence-electron chi connectivity index (χ1n) is 5.39. The van der Waals surface area contributed by atoms with Gasteiger partial charge in [0.2, 0.25) is 11.7 Å². The van der Waals surface area contributed by atoms with Crippen LogP contribution >= 0.6 is 0 Å². The lowest BCUT2D eigenvalue weighted by molar-refractivity contribution is -0.387. The van der Waals surface area contributed by atoms with Crippen molar-refractivity contribution in [3.63, 3.8) is 0 Å². The minimum Gasteiger partial charge on any atom is -0.439 e. The lowest BCUT2D eigenvalue weighted by Gasteiger charge is -2.06. The van der Waals surface area contributed by atoms with Crippen LogP contribution in [0.4, 0.5) is 10.1 Å². The summed E-state index contributed by atoms with van der Waals surface area (Å²) < 4.78 is 18.7. The van der Waals surface area contributed by atoms with E-state index in [1.54, 1.807) is 0 Å². The highest BCUT2D eigenvalue weighted by atomic mass is 19.1. The molecule has 1 aromatic heterocycles. The van der Waals surface area contributed by atoms with Gasteiger partial charge in [-0.25, -0.2) is 4.98 Å². The molecule has 2 aromatic rings. The van der Waals surface area contributed by atoms with Crippen molar-refractivity contribution in [1.82, 2.24) is 4.98 Å². The molecule has 7 nitrogen and oxygen atoms in total. The fourth-order valence-electron chi connectivity index (χ4n) is 1.45. The van der Waals surface area contributed by atoms with Gasteiger partial charge in [0.05, 0.1) is 4.92 Å². The van der Waals surface area contributed by atoms with Crippen LogP contribution in [0.3, 0.4) is 0 Å². The Hall–Kier alpha value is -3.03. The summed E-state index contributed by atoms with van der Waals surface area (Å²) in [4.78, 5) is 13.5. The number of halogens is 1. The van der Waals surface area contributed by atoms with E-state index in [-0.39, 0.29) is 17.5 Å². The number of nitro groups is 1. The number of pyridine rings is 1. The standard InChI is InChI=1S/C12H9FN4O3/c13-9-6-8(1-2-10(9)17(18)19)20-11-5-7(12(14)15)3-4-16-11/h1-6H,(H3,14,15). The van der Waals surface area contributed by atoms with Crippen LogP contribution in [0.5, 0.6) is 11.6 Å². The number of amidine groups is 1. The quantitative estimate of drug-likeness (QED) is 0.384. The maximum absolute atomic E-state index is 13.4. The van der Waals surface area contributed by atoms with Crippen molar-refractivity contribution in [3.8, 4) is 11.6 Å². The highest BCUT2D eigenvalue weighted by Gasteiger charge is 2.14. The molecule has 0 bridgehead atoms. The Morgan fingerprint density at radius 2 is 2.15 bits per heavy atom. The smallest absolute Gasteiger partial charge is 0.305 e. The first-order chi connectivity index (χ1) is 9.47. The van der Waals surface area contributed by atoms with E-state index in [2.05, 4.69) is 4.98 Å². The van der Waals surface area contributed by atoms with E-state index >= 15 is 0 Å². The van der Waals surface area contributed by atoms with Crippen LogP contribution in [0.15, 0.2) is 36.5 Å². The molecule has 0 atom stereocenters. The van der Waals surface area contributed by atoms with E-state index < -0.39 is 16.4 Å². The van der Waals surface area contributed by atoms with E-state index in [1.807, 2.05) is 0 Å². The number of nitrogen functional groups attached to an aromatic ring is 1. The van der Waals surface area contributed by atoms with Crippen LogP contribution < -0.4 is 10.5 Å². The molecule has 1 aromatic carbocycles. The number of benzene rings is 1. The number of hydrogen-bond donors (Lipinski definition) is 2. The van der Waals surface area contributed by atoms with Gasteiger partial charge in [-0.05, 0) is 12.1 Å². The largest absolute Gasteiger partial charge is 0.439 e. The van der Waals surface area contributed by atoms with E-state index in [0.29, 0.717) is 5.56 Å². The molecule has 0 aliphatic heterocycles. The average molecular weight is 276 g/mol. The second-order valence-electron chi connectivity index (χ2n) is 3.77. The first kappa shape index (κ1) is 13.4. The van der Waals surface area contributed by atoms with Crippen molar-refractivity contribution in [2.24, 2.45) is 5.73 Å². The monoisotopic (exact) mass is 276 g/mol. The van der Waals surface area contributed by atoms with Crippen LogP contribution in [-0.2, 0) is 0 Å². The molecule has 20 heavy (non-hydrogen) atoms. The molecule has 0 fully saturated rings. The summed E-state index contributed by atoms with van der Waals surface area (Å²) in [5, 5.41) is 17.8. The van der Waals surface area contributed by atoms with Gasteiger partial charge in [-0.1, -0.05) is 0 Å². The maximum atomic E-state index is 13.4. The molecule has 0 radical (unpaired) electrons. The average Bonchev–Trinajstić information content (AvgIpc) is 2.38. The maximum Gasteiger partial charge on any atom is 0.305 e. The first-order valence-corrected chi connectivity index (χ1v) is 5.39. The lowest BCUT2D eigenvalue weighted by Crippen LogP contribution is -2.11. The third-order valence-electron chi connectivity index (χ3n) is 2.38. The van der Waals surface area contributed by atoms with Crippen molar-refractivity contribution < 1.29 is 14.1 Å². The predicted molar refractivity (Wildman–Crippen MR) is 68.4 cm³/mol. The predicted octanol–water partition coefficient (Wildman–Crippen LogP) is 2.21. The summed E-state index contributed by atoms with van der Waals surface area (Å²) in [5.41, 5.74) is 5.08. The molecule has 3 N–H and O–H groups in total. The highest BCUT2D eigenvalue weighted by Crippen LogP contribution is 2.25. The molecule has 0 saturated carbocycles. The number of ether oxygens (including phenoxy) is 1. The van der Waals surface area contributed by atoms with Gasteiger partial charge in [0.25, 0.3) is 0 Å². The number of hydrogen-bond acceptors (Lipinski definition) is 5. The van der Waals surface area contributed by atoms with Gasteiger partial charge < -0.3 is 10.5 Å². The Morgan fingerprint density at radius 3 is 2.75 bits per heavy atom. The number of rotatable bonds is 4. The van der Waals surface area contributed by atoms with E-state index in [1.165, 1.54) is 24.4 Å². The van der Waals surface area contributed by atoms with Gasteiger partial charge in [-0.2, -0.15) is 4.39 Å². The van der Waals surface area contributed by atoms with Gasteiger partial charge in [-0.3, -0.25) is 15.5 Å². The van der Waals surface area contributed by atoms with Crippen LogP contribution in [0.25, 0.3) is 0 Å². The number of nitrogens with one attached hydrogen (secondary N) is 1. The third kappa shape index (κ3) is 2.86. The van der Waals surface area contributed by atoms with Crippen molar-refractivity contribution in [2.75, 3.05) is 0 Å². The van der Waals surface area contributed by atoms with Gasteiger partial charge in [0.1, 0.15) is 11.6 Å². The molecule has 0 saturated heterocycles. The summed E-state index contributed by atoms with van der Waals surface area (Å²) in [6, 6.07) is 6.07. The van der Waals surface area contributed by atoms with E-state index in [4.69, 9.17) is 15.9 Å². The minimum atomic E-state index is -1.00. The molecule has 0 aliphatic carbocycles. The summed E-state index contributed by atoms with van der Waals surface area (Å²) in [6.45, 7) is 0. The van der Waals surface area contributed by atoms with Gasteiger partial charge in [-0.15, -0.1) is 0 Å². The molecular weight excluding hydrogens is 267 g/mol. The molecule has 102 valence electrons. The second kappa shape index (κ2) is 5.31. The van der Waals surface area contributed by atoms with Gasteiger partial charge >= 0.3 is 5.69 Å². The molecule has 0 aliphatic rings. The number of nitro benzene ring substituents is 1. The van der Waals surface area contributed by atoms with Crippen molar-refractivity contribution in [1.29, 1.82) is 5.41 Å². The van der Waals surface area contributed by atoms with E-state index in [9.17, 15) is 14.5 Å². The number of nitrogens with two attached hydrogens (primary N) is 1. The van der Waals surface area contributed by atoms with Crippen molar-refractivity contribution in [2.45, 2.75) is 0 Å². The Bertz CT molecular complexity index is 690. The van der Waals surface area contributed by atoms with Gasteiger partial charge in [0.15, 0.2) is 0 Å².